The number of hydrogen-bond acceptors (Lipinski definition) is 8. The first-order chi connectivity index (χ1) is 15.7. The van der Waals surface area contributed by atoms with Gasteiger partial charge in [0.2, 0.25) is 0 Å². The third-order valence-corrected chi connectivity index (χ3v) is 8.22. The number of halogens is 1. The van der Waals surface area contributed by atoms with Gasteiger partial charge in [-0.2, -0.15) is 0 Å². The zero-order valence-electron chi connectivity index (χ0n) is 19.0. The molecule has 1 aliphatic heterocycles. The summed E-state index contributed by atoms with van der Waals surface area (Å²) in [5.41, 5.74) is -0.190. The van der Waals surface area contributed by atoms with Crippen LogP contribution in [-0.2, 0) is 21.2 Å². The Morgan fingerprint density at radius 3 is 2.70 bits per heavy atom. The molecule has 1 fully saturated rings. The van der Waals surface area contributed by atoms with Gasteiger partial charge < -0.3 is 14.6 Å². The standard InChI is InChI=1S/C22H32ClN3O5S2/c1-3-22(27,4-2)15-18-16-32-21(24-18)25-33(28,29)20-13-17(23)12-19(14-20)31-9-5-6-26-7-10-30-11-8-26/h12-14,16,27H,3-11,15H2,1-2H3,(H,24,25). The van der Waals surface area contributed by atoms with Crippen LogP contribution in [0.2, 0.25) is 5.02 Å². The summed E-state index contributed by atoms with van der Waals surface area (Å²) in [4.78, 5) is 6.66. The van der Waals surface area contributed by atoms with Gasteiger partial charge in [-0.3, -0.25) is 9.62 Å². The lowest BCUT2D eigenvalue weighted by atomic mass is 9.92. The summed E-state index contributed by atoms with van der Waals surface area (Å²) in [5, 5.41) is 12.8. The molecule has 184 valence electrons. The molecule has 0 unspecified atom stereocenters. The van der Waals surface area contributed by atoms with Crippen LogP contribution in [0.15, 0.2) is 28.5 Å². The van der Waals surface area contributed by atoms with Crippen molar-refractivity contribution in [3.8, 4) is 5.75 Å². The molecule has 3 rings (SSSR count). The van der Waals surface area contributed by atoms with E-state index in [0.29, 0.717) is 37.3 Å². The number of nitrogens with zero attached hydrogens (tertiary/aromatic N) is 2. The van der Waals surface area contributed by atoms with Gasteiger partial charge in [-0.15, -0.1) is 11.3 Å². The molecule has 8 nitrogen and oxygen atoms in total. The molecule has 0 saturated carbocycles. The van der Waals surface area contributed by atoms with Crippen molar-refractivity contribution in [3.05, 3.63) is 34.3 Å². The molecule has 1 aliphatic rings. The molecular weight excluding hydrogens is 486 g/mol. The maximum Gasteiger partial charge on any atom is 0.263 e. The van der Waals surface area contributed by atoms with Crippen LogP contribution in [0.3, 0.4) is 0 Å². The number of aliphatic hydroxyl groups is 1. The van der Waals surface area contributed by atoms with Crippen molar-refractivity contribution in [2.45, 2.75) is 50.0 Å². The number of benzene rings is 1. The number of anilines is 1. The third kappa shape index (κ3) is 7.80. The monoisotopic (exact) mass is 517 g/mol. The highest BCUT2D eigenvalue weighted by atomic mass is 35.5. The maximum absolute atomic E-state index is 12.9. The summed E-state index contributed by atoms with van der Waals surface area (Å²) in [5.74, 6) is 0.403. The maximum atomic E-state index is 12.9. The minimum absolute atomic E-state index is 0.00792. The lowest BCUT2D eigenvalue weighted by Gasteiger charge is -2.26. The Morgan fingerprint density at radius 1 is 1.27 bits per heavy atom. The molecule has 1 aromatic carbocycles. The van der Waals surface area contributed by atoms with Crippen molar-refractivity contribution in [1.29, 1.82) is 0 Å². The van der Waals surface area contributed by atoms with E-state index in [1.165, 1.54) is 23.5 Å². The minimum atomic E-state index is -3.90. The SMILES string of the molecule is CCC(O)(CC)Cc1csc(NS(=O)(=O)c2cc(Cl)cc(OCCCN3CCOCC3)c2)n1. The van der Waals surface area contributed by atoms with Gasteiger partial charge in [0.25, 0.3) is 10.0 Å². The zero-order chi connectivity index (χ0) is 23.9. The zero-order valence-corrected chi connectivity index (χ0v) is 21.4. The van der Waals surface area contributed by atoms with Crippen LogP contribution >= 0.6 is 22.9 Å². The van der Waals surface area contributed by atoms with Crippen LogP contribution in [0.25, 0.3) is 0 Å². The Labute approximate surface area is 204 Å². The molecule has 1 aromatic heterocycles. The van der Waals surface area contributed by atoms with Gasteiger partial charge in [0.05, 0.1) is 36.0 Å². The van der Waals surface area contributed by atoms with Crippen LogP contribution < -0.4 is 9.46 Å². The lowest BCUT2D eigenvalue weighted by molar-refractivity contribution is 0.0319. The fourth-order valence-electron chi connectivity index (χ4n) is 3.52. The van der Waals surface area contributed by atoms with E-state index in [1.54, 1.807) is 11.4 Å². The number of aromatic nitrogens is 1. The van der Waals surface area contributed by atoms with Crippen LogP contribution in [0.5, 0.6) is 5.75 Å². The molecule has 2 heterocycles. The van der Waals surface area contributed by atoms with E-state index in [0.717, 1.165) is 39.3 Å². The van der Waals surface area contributed by atoms with E-state index in [4.69, 9.17) is 21.1 Å². The summed E-state index contributed by atoms with van der Waals surface area (Å²) in [6.07, 6.45) is 2.38. The normalized spacial score (nSPS) is 15.5. The molecule has 33 heavy (non-hydrogen) atoms. The average Bonchev–Trinajstić information content (AvgIpc) is 3.22. The van der Waals surface area contributed by atoms with Crippen LogP contribution in [0.4, 0.5) is 5.13 Å². The molecule has 11 heteroatoms. The molecule has 2 aromatic rings. The van der Waals surface area contributed by atoms with E-state index in [-0.39, 0.29) is 15.0 Å². The van der Waals surface area contributed by atoms with E-state index < -0.39 is 15.6 Å². The summed E-state index contributed by atoms with van der Waals surface area (Å²) < 4.78 is 39.5. The Bertz CT molecular complexity index is 1010. The molecule has 0 aliphatic carbocycles. The van der Waals surface area contributed by atoms with Gasteiger partial charge in [0, 0.05) is 42.5 Å². The Hall–Kier alpha value is -1.43. The number of nitrogens with one attached hydrogen (secondary N) is 1. The number of sulfonamides is 1. The number of thiazole rings is 1. The first kappa shape index (κ1) is 26.2. The van der Waals surface area contributed by atoms with Crippen molar-refractivity contribution < 1.29 is 23.0 Å². The van der Waals surface area contributed by atoms with Crippen molar-refractivity contribution in [1.82, 2.24) is 9.88 Å². The second-order valence-electron chi connectivity index (χ2n) is 8.14. The van der Waals surface area contributed by atoms with Crippen molar-refractivity contribution in [2.24, 2.45) is 0 Å². The van der Waals surface area contributed by atoms with Gasteiger partial charge in [0.15, 0.2) is 5.13 Å². The third-order valence-electron chi connectivity index (χ3n) is 5.75. The van der Waals surface area contributed by atoms with Gasteiger partial charge >= 0.3 is 0 Å². The smallest absolute Gasteiger partial charge is 0.263 e. The van der Waals surface area contributed by atoms with Crippen molar-refractivity contribution in [2.75, 3.05) is 44.2 Å². The Balaban J connectivity index is 1.60. The number of morpholine rings is 1. The molecule has 0 bridgehead atoms. The van der Waals surface area contributed by atoms with E-state index in [2.05, 4.69) is 14.6 Å². The molecule has 0 radical (unpaired) electrons. The van der Waals surface area contributed by atoms with E-state index >= 15 is 0 Å². The highest BCUT2D eigenvalue weighted by Crippen LogP contribution is 2.28. The first-order valence-electron chi connectivity index (χ1n) is 11.2. The number of hydrogen-bond donors (Lipinski definition) is 2. The fourth-order valence-corrected chi connectivity index (χ4v) is 5.84. The number of ether oxygens (including phenoxy) is 2. The molecule has 0 spiro atoms. The average molecular weight is 518 g/mol. The summed E-state index contributed by atoms with van der Waals surface area (Å²) in [6, 6.07) is 4.45. The van der Waals surface area contributed by atoms with Crippen molar-refractivity contribution >= 4 is 38.1 Å². The molecule has 2 N–H and O–H groups in total. The Kier molecular flexibility index (Phi) is 9.37. The molecular formula is C22H32ClN3O5S2. The van der Waals surface area contributed by atoms with Crippen molar-refractivity contribution in [3.63, 3.8) is 0 Å². The highest BCUT2D eigenvalue weighted by Gasteiger charge is 2.25. The van der Waals surface area contributed by atoms with E-state index in [1.807, 2.05) is 13.8 Å². The lowest BCUT2D eigenvalue weighted by Crippen LogP contribution is -2.37. The van der Waals surface area contributed by atoms with Crippen LogP contribution in [-0.4, -0.2) is 68.5 Å². The van der Waals surface area contributed by atoms with Gasteiger partial charge in [-0.25, -0.2) is 13.4 Å². The van der Waals surface area contributed by atoms with Gasteiger partial charge in [-0.1, -0.05) is 25.4 Å². The largest absolute Gasteiger partial charge is 0.493 e. The second kappa shape index (κ2) is 11.8. The minimum Gasteiger partial charge on any atom is -0.493 e. The van der Waals surface area contributed by atoms with E-state index in [9.17, 15) is 13.5 Å². The quantitative estimate of drug-likeness (QED) is 0.413. The molecule has 0 amide bonds. The highest BCUT2D eigenvalue weighted by molar-refractivity contribution is 7.93. The topological polar surface area (TPSA) is 101 Å². The van der Waals surface area contributed by atoms with Gasteiger partial charge in [-0.05, 0) is 31.4 Å². The summed E-state index contributed by atoms with van der Waals surface area (Å²) >= 11 is 7.35. The second-order valence-corrected chi connectivity index (χ2v) is 11.1. The fraction of sp³-hybridized carbons (Fsp3) is 0.591. The van der Waals surface area contributed by atoms with Crippen LogP contribution in [0.1, 0.15) is 38.8 Å². The molecule has 0 atom stereocenters. The summed E-state index contributed by atoms with van der Waals surface area (Å²) in [6.45, 7) is 8.53. The number of rotatable bonds is 12. The molecule has 1 saturated heterocycles. The first-order valence-corrected chi connectivity index (χ1v) is 13.9. The predicted molar refractivity (Wildman–Crippen MR) is 131 cm³/mol. The predicted octanol–water partition coefficient (Wildman–Crippen LogP) is 3.79. The Morgan fingerprint density at radius 2 is 2.00 bits per heavy atom. The summed E-state index contributed by atoms with van der Waals surface area (Å²) in [7, 11) is -3.90. The van der Waals surface area contributed by atoms with Crippen LogP contribution in [0, 0.1) is 0 Å². The van der Waals surface area contributed by atoms with Gasteiger partial charge in [0.1, 0.15) is 5.75 Å².